The highest BCUT2D eigenvalue weighted by atomic mass is 16.3. The van der Waals surface area contributed by atoms with E-state index in [1.807, 2.05) is 0 Å². The third-order valence-corrected chi connectivity index (χ3v) is 6.45. The summed E-state index contributed by atoms with van der Waals surface area (Å²) in [5.74, 6) is 1.94. The fraction of sp³-hybridized carbons (Fsp3) is 0.600. The van der Waals surface area contributed by atoms with Crippen molar-refractivity contribution in [3.05, 3.63) is 35.0 Å². The SMILES string of the molecule is Cc1[nH]c2cccc3c2c1C[C@@H]1[C@@H]3CC(CO)CN1CC1CC1. The quantitative estimate of drug-likeness (QED) is 0.914. The molecule has 0 bridgehead atoms. The van der Waals surface area contributed by atoms with E-state index in [-0.39, 0.29) is 0 Å². The molecule has 2 N–H and O–H groups in total. The molecule has 3 atom stereocenters. The summed E-state index contributed by atoms with van der Waals surface area (Å²) in [4.78, 5) is 6.32. The molecule has 1 aromatic carbocycles. The highest BCUT2D eigenvalue weighted by Crippen LogP contribution is 2.46. The minimum atomic E-state index is 0.333. The Hall–Kier alpha value is -1.32. The van der Waals surface area contributed by atoms with Crippen LogP contribution in [0.4, 0.5) is 0 Å². The highest BCUT2D eigenvalue weighted by Gasteiger charge is 2.42. The number of nitrogens with zero attached hydrogens (tertiary/aromatic N) is 1. The molecule has 3 heteroatoms. The molecule has 0 radical (unpaired) electrons. The summed E-state index contributed by atoms with van der Waals surface area (Å²) in [6, 6.07) is 7.38. The number of hydrogen-bond acceptors (Lipinski definition) is 2. The van der Waals surface area contributed by atoms with Crippen LogP contribution in [0.1, 0.15) is 42.0 Å². The first-order valence-corrected chi connectivity index (χ1v) is 9.19. The summed E-state index contributed by atoms with van der Waals surface area (Å²) >= 11 is 0. The summed E-state index contributed by atoms with van der Waals surface area (Å²) in [7, 11) is 0. The number of aliphatic hydroxyl groups is 1. The molecule has 122 valence electrons. The first kappa shape index (κ1) is 14.1. The lowest BCUT2D eigenvalue weighted by Gasteiger charge is -2.47. The summed E-state index contributed by atoms with van der Waals surface area (Å²) < 4.78 is 0. The third-order valence-electron chi connectivity index (χ3n) is 6.45. The standard InChI is InChI=1S/C20H26N2O/c1-12-16-8-19-17(15-3-2-4-18(21-12)20(15)16)7-14(11-23)10-22(19)9-13-5-6-13/h2-4,13-14,17,19,21,23H,5-11H2,1H3/t14?,17-,19-/m1/s1. The van der Waals surface area contributed by atoms with Crippen LogP contribution in [-0.2, 0) is 6.42 Å². The predicted octanol–water partition coefficient (Wildman–Crippen LogP) is 3.21. The second kappa shape index (κ2) is 5.09. The lowest BCUT2D eigenvalue weighted by molar-refractivity contribution is 0.0536. The first-order valence-electron chi connectivity index (χ1n) is 9.19. The molecule has 2 aromatic rings. The van der Waals surface area contributed by atoms with Crippen LogP contribution in [0, 0.1) is 18.8 Å². The largest absolute Gasteiger partial charge is 0.396 e. The molecule has 1 aliphatic heterocycles. The molecule has 1 saturated carbocycles. The molecule has 23 heavy (non-hydrogen) atoms. The minimum absolute atomic E-state index is 0.333. The molecule has 2 heterocycles. The molecule has 1 saturated heterocycles. The van der Waals surface area contributed by atoms with Gasteiger partial charge in [0.15, 0.2) is 0 Å². The van der Waals surface area contributed by atoms with Crippen LogP contribution >= 0.6 is 0 Å². The van der Waals surface area contributed by atoms with E-state index in [2.05, 4.69) is 35.0 Å². The van der Waals surface area contributed by atoms with Crippen LogP contribution in [-0.4, -0.2) is 40.7 Å². The molecule has 3 aliphatic rings. The van der Waals surface area contributed by atoms with Gasteiger partial charge in [-0.1, -0.05) is 12.1 Å². The van der Waals surface area contributed by atoms with Gasteiger partial charge < -0.3 is 10.1 Å². The topological polar surface area (TPSA) is 39.3 Å². The van der Waals surface area contributed by atoms with Gasteiger partial charge in [-0.05, 0) is 61.6 Å². The Labute approximate surface area is 137 Å². The minimum Gasteiger partial charge on any atom is -0.396 e. The van der Waals surface area contributed by atoms with Crippen molar-refractivity contribution in [3.8, 4) is 0 Å². The number of aromatic nitrogens is 1. The third kappa shape index (κ3) is 2.17. The Morgan fingerprint density at radius 2 is 2.13 bits per heavy atom. The van der Waals surface area contributed by atoms with Crippen LogP contribution in [0.15, 0.2) is 18.2 Å². The Bertz CT molecular complexity index is 745. The smallest absolute Gasteiger partial charge is 0.0471 e. The molecule has 2 aliphatic carbocycles. The maximum atomic E-state index is 9.81. The lowest BCUT2D eigenvalue weighted by atomic mass is 9.72. The lowest BCUT2D eigenvalue weighted by Crippen LogP contribution is -2.51. The van der Waals surface area contributed by atoms with E-state index in [1.54, 1.807) is 5.56 Å². The van der Waals surface area contributed by atoms with Crippen molar-refractivity contribution in [2.24, 2.45) is 11.8 Å². The number of aryl methyl sites for hydroxylation is 1. The van der Waals surface area contributed by atoms with Crippen molar-refractivity contribution in [2.75, 3.05) is 19.7 Å². The zero-order valence-electron chi connectivity index (χ0n) is 13.9. The van der Waals surface area contributed by atoms with Crippen molar-refractivity contribution in [1.82, 2.24) is 9.88 Å². The number of piperidine rings is 1. The number of likely N-dealkylation sites (tertiary alicyclic amines) is 1. The number of rotatable bonds is 3. The zero-order chi connectivity index (χ0) is 15.6. The van der Waals surface area contributed by atoms with Gasteiger partial charge in [0.1, 0.15) is 0 Å². The van der Waals surface area contributed by atoms with Crippen molar-refractivity contribution < 1.29 is 5.11 Å². The van der Waals surface area contributed by atoms with Gasteiger partial charge in [-0.2, -0.15) is 0 Å². The number of H-pyrrole nitrogens is 1. The molecule has 5 rings (SSSR count). The number of aliphatic hydroxyl groups excluding tert-OH is 1. The Kier molecular flexibility index (Phi) is 3.11. The summed E-state index contributed by atoms with van der Waals surface area (Å²) in [5, 5.41) is 11.3. The Balaban J connectivity index is 1.60. The molecule has 0 amide bonds. The molecule has 3 nitrogen and oxygen atoms in total. The van der Waals surface area contributed by atoms with Gasteiger partial charge in [0.2, 0.25) is 0 Å². The van der Waals surface area contributed by atoms with E-state index in [9.17, 15) is 5.11 Å². The van der Waals surface area contributed by atoms with Crippen LogP contribution in [0.2, 0.25) is 0 Å². The molecular weight excluding hydrogens is 284 g/mol. The Morgan fingerprint density at radius 1 is 1.26 bits per heavy atom. The maximum absolute atomic E-state index is 9.81. The Morgan fingerprint density at radius 3 is 2.91 bits per heavy atom. The molecule has 0 spiro atoms. The first-order chi connectivity index (χ1) is 11.2. The van der Waals surface area contributed by atoms with E-state index in [0.29, 0.717) is 24.5 Å². The van der Waals surface area contributed by atoms with Crippen LogP contribution in [0.5, 0.6) is 0 Å². The average Bonchev–Trinajstić information content (AvgIpc) is 3.32. The summed E-state index contributed by atoms with van der Waals surface area (Å²) in [6.07, 6.45) is 5.13. The van der Waals surface area contributed by atoms with Crippen molar-refractivity contribution in [2.45, 2.75) is 44.6 Å². The second-order valence-corrected chi connectivity index (χ2v) is 8.06. The zero-order valence-corrected chi connectivity index (χ0v) is 13.9. The van der Waals surface area contributed by atoms with Crippen LogP contribution < -0.4 is 0 Å². The monoisotopic (exact) mass is 310 g/mol. The number of nitrogens with one attached hydrogen (secondary N) is 1. The fourth-order valence-electron chi connectivity index (χ4n) is 5.14. The fourth-order valence-corrected chi connectivity index (χ4v) is 5.14. The van der Waals surface area contributed by atoms with Crippen molar-refractivity contribution >= 4 is 10.9 Å². The maximum Gasteiger partial charge on any atom is 0.0471 e. The summed E-state index contributed by atoms with van der Waals surface area (Å²) in [6.45, 7) is 4.89. The van der Waals surface area contributed by atoms with E-state index < -0.39 is 0 Å². The normalized spacial score (nSPS) is 30.6. The van der Waals surface area contributed by atoms with Crippen molar-refractivity contribution in [3.63, 3.8) is 0 Å². The number of hydrogen-bond donors (Lipinski definition) is 2. The van der Waals surface area contributed by atoms with Crippen molar-refractivity contribution in [1.29, 1.82) is 0 Å². The predicted molar refractivity (Wildman–Crippen MR) is 92.8 cm³/mol. The molecule has 1 unspecified atom stereocenters. The van der Waals surface area contributed by atoms with Gasteiger partial charge in [-0.25, -0.2) is 0 Å². The van der Waals surface area contributed by atoms with Gasteiger partial charge >= 0.3 is 0 Å². The van der Waals surface area contributed by atoms with E-state index in [1.165, 1.54) is 48.0 Å². The molecule has 2 fully saturated rings. The molecule has 1 aromatic heterocycles. The number of fused-ring (bicyclic) bond motifs is 2. The van der Waals surface area contributed by atoms with Crippen LogP contribution in [0.3, 0.4) is 0 Å². The van der Waals surface area contributed by atoms with Gasteiger partial charge in [-0.15, -0.1) is 0 Å². The van der Waals surface area contributed by atoms with Crippen LogP contribution in [0.25, 0.3) is 10.9 Å². The second-order valence-electron chi connectivity index (χ2n) is 8.06. The van der Waals surface area contributed by atoms with E-state index >= 15 is 0 Å². The van der Waals surface area contributed by atoms with Gasteiger partial charge in [-0.3, -0.25) is 4.90 Å². The summed E-state index contributed by atoms with van der Waals surface area (Å²) in [5.41, 5.74) is 5.71. The average molecular weight is 310 g/mol. The number of benzene rings is 1. The molecular formula is C20H26N2O. The highest BCUT2D eigenvalue weighted by molar-refractivity contribution is 5.89. The van der Waals surface area contributed by atoms with Gasteiger partial charge in [0, 0.05) is 48.3 Å². The van der Waals surface area contributed by atoms with Gasteiger partial charge in [0.25, 0.3) is 0 Å². The van der Waals surface area contributed by atoms with E-state index in [0.717, 1.165) is 18.9 Å². The number of aromatic amines is 1. The van der Waals surface area contributed by atoms with Gasteiger partial charge in [0.05, 0.1) is 0 Å². The van der Waals surface area contributed by atoms with E-state index in [4.69, 9.17) is 0 Å².